The third kappa shape index (κ3) is 1.94. The highest BCUT2D eigenvalue weighted by molar-refractivity contribution is 7.09. The highest BCUT2D eigenvalue weighted by atomic mass is 32.1. The topological polar surface area (TPSA) is 50.9 Å². The van der Waals surface area contributed by atoms with Crippen molar-refractivity contribution in [2.24, 2.45) is 0 Å². The molecule has 0 saturated heterocycles. The summed E-state index contributed by atoms with van der Waals surface area (Å²) in [5, 5.41) is 17.1. The van der Waals surface area contributed by atoms with Gasteiger partial charge >= 0.3 is 0 Å². The molecule has 1 unspecified atom stereocenters. The van der Waals surface area contributed by atoms with E-state index in [4.69, 9.17) is 0 Å². The van der Waals surface area contributed by atoms with Gasteiger partial charge in [0.25, 0.3) is 0 Å². The molecule has 3 aromatic rings. The third-order valence-corrected chi connectivity index (χ3v) is 3.47. The number of benzene rings is 1. The summed E-state index contributed by atoms with van der Waals surface area (Å²) in [4.78, 5) is 4.13. The van der Waals surface area contributed by atoms with Gasteiger partial charge in [-0.25, -0.2) is 9.67 Å². The second-order valence-electron chi connectivity index (χ2n) is 3.78. The summed E-state index contributed by atoms with van der Waals surface area (Å²) in [6, 6.07) is 11.5. The lowest BCUT2D eigenvalue weighted by molar-refractivity contribution is 0.211. The molecule has 0 bridgehead atoms. The van der Waals surface area contributed by atoms with Crippen LogP contribution in [0.1, 0.15) is 16.8 Å². The van der Waals surface area contributed by atoms with Crippen LogP contribution in [0.5, 0.6) is 0 Å². The Morgan fingerprint density at radius 1 is 1.11 bits per heavy atom. The second-order valence-corrected chi connectivity index (χ2v) is 4.70. The molecule has 1 aromatic carbocycles. The Labute approximate surface area is 108 Å². The van der Waals surface area contributed by atoms with Crippen molar-refractivity contribution in [3.8, 4) is 5.69 Å². The van der Waals surface area contributed by atoms with Crippen LogP contribution in [0.3, 0.4) is 0 Å². The van der Waals surface area contributed by atoms with Crippen LogP contribution in [0, 0.1) is 0 Å². The van der Waals surface area contributed by atoms with E-state index in [1.54, 1.807) is 23.1 Å². The number of hydrogen-bond donors (Lipinski definition) is 1. The number of aromatic nitrogens is 3. The molecule has 5 heteroatoms. The van der Waals surface area contributed by atoms with Gasteiger partial charge in [-0.1, -0.05) is 18.2 Å². The van der Waals surface area contributed by atoms with Gasteiger partial charge in [0, 0.05) is 17.8 Å². The SMILES string of the molecule is OC(c1nccs1)c1ccnn1-c1ccccc1. The Hall–Kier alpha value is -1.98. The molecule has 4 nitrogen and oxygen atoms in total. The van der Waals surface area contributed by atoms with Crippen LogP contribution in [0.25, 0.3) is 5.69 Å². The van der Waals surface area contributed by atoms with E-state index in [0.29, 0.717) is 5.01 Å². The molecule has 1 atom stereocenters. The molecule has 3 rings (SSSR count). The second kappa shape index (κ2) is 4.72. The average molecular weight is 257 g/mol. The fraction of sp³-hybridized carbons (Fsp3) is 0.0769. The van der Waals surface area contributed by atoms with E-state index in [1.807, 2.05) is 35.7 Å². The van der Waals surface area contributed by atoms with E-state index in [9.17, 15) is 5.11 Å². The van der Waals surface area contributed by atoms with Crippen molar-refractivity contribution < 1.29 is 5.11 Å². The Kier molecular flexibility index (Phi) is 2.92. The molecule has 90 valence electrons. The minimum absolute atomic E-state index is 0.674. The van der Waals surface area contributed by atoms with Gasteiger partial charge in [-0.2, -0.15) is 5.10 Å². The molecule has 0 saturated carbocycles. The lowest BCUT2D eigenvalue weighted by atomic mass is 10.2. The van der Waals surface area contributed by atoms with Gasteiger partial charge in [-0.3, -0.25) is 0 Å². The lowest BCUT2D eigenvalue weighted by Gasteiger charge is -2.11. The first-order valence-corrected chi connectivity index (χ1v) is 6.41. The quantitative estimate of drug-likeness (QED) is 0.784. The first-order chi connectivity index (χ1) is 8.86. The lowest BCUT2D eigenvalue weighted by Crippen LogP contribution is -2.08. The van der Waals surface area contributed by atoms with Crippen LogP contribution >= 0.6 is 11.3 Å². The maximum Gasteiger partial charge on any atom is 0.147 e. The number of aliphatic hydroxyl groups is 1. The largest absolute Gasteiger partial charge is 0.380 e. The summed E-state index contributed by atoms with van der Waals surface area (Å²) >= 11 is 1.43. The molecule has 0 aliphatic rings. The van der Waals surface area contributed by atoms with E-state index in [0.717, 1.165) is 11.4 Å². The summed E-state index contributed by atoms with van der Waals surface area (Å²) in [6.45, 7) is 0. The van der Waals surface area contributed by atoms with Crippen molar-refractivity contribution in [3.63, 3.8) is 0 Å². The Bertz CT molecular complexity index is 619. The van der Waals surface area contributed by atoms with Crippen molar-refractivity contribution in [1.82, 2.24) is 14.8 Å². The molecule has 0 spiro atoms. The Morgan fingerprint density at radius 2 is 1.94 bits per heavy atom. The normalized spacial score (nSPS) is 12.5. The van der Waals surface area contributed by atoms with Gasteiger partial charge in [-0.15, -0.1) is 11.3 Å². The van der Waals surface area contributed by atoms with Gasteiger partial charge in [0.1, 0.15) is 11.1 Å². The van der Waals surface area contributed by atoms with Gasteiger partial charge in [0.2, 0.25) is 0 Å². The first kappa shape index (κ1) is 11.1. The van der Waals surface area contributed by atoms with Crippen molar-refractivity contribution >= 4 is 11.3 Å². The van der Waals surface area contributed by atoms with Crippen LogP contribution in [0.4, 0.5) is 0 Å². The number of aliphatic hydroxyl groups excluding tert-OH is 1. The van der Waals surface area contributed by atoms with Gasteiger partial charge in [0.15, 0.2) is 0 Å². The molecule has 0 amide bonds. The minimum Gasteiger partial charge on any atom is -0.380 e. The molecule has 18 heavy (non-hydrogen) atoms. The highest BCUT2D eigenvalue weighted by Crippen LogP contribution is 2.25. The summed E-state index contributed by atoms with van der Waals surface area (Å²) < 4.78 is 1.73. The van der Waals surface area contributed by atoms with Gasteiger partial charge in [-0.05, 0) is 18.2 Å². The average Bonchev–Trinajstić information content (AvgIpc) is 3.10. The standard InChI is InChI=1S/C13H11N3OS/c17-12(13-14-8-9-18-13)11-6-7-15-16(11)10-4-2-1-3-5-10/h1-9,12,17H. The van der Waals surface area contributed by atoms with Crippen LogP contribution in [0.15, 0.2) is 54.2 Å². The first-order valence-electron chi connectivity index (χ1n) is 5.53. The smallest absolute Gasteiger partial charge is 0.147 e. The molecule has 0 radical (unpaired) electrons. The van der Waals surface area contributed by atoms with Crippen molar-refractivity contribution in [2.45, 2.75) is 6.10 Å². The fourth-order valence-corrected chi connectivity index (χ4v) is 2.43. The minimum atomic E-state index is -0.743. The van der Waals surface area contributed by atoms with E-state index in [-0.39, 0.29) is 0 Å². The molecular weight excluding hydrogens is 246 g/mol. The molecule has 2 heterocycles. The number of nitrogens with zero attached hydrogens (tertiary/aromatic N) is 3. The van der Waals surface area contributed by atoms with Crippen LogP contribution in [0.2, 0.25) is 0 Å². The highest BCUT2D eigenvalue weighted by Gasteiger charge is 2.18. The number of rotatable bonds is 3. The Morgan fingerprint density at radius 3 is 2.67 bits per heavy atom. The predicted molar refractivity (Wildman–Crippen MR) is 69.7 cm³/mol. The maximum absolute atomic E-state index is 10.3. The van der Waals surface area contributed by atoms with E-state index >= 15 is 0 Å². The van der Waals surface area contributed by atoms with E-state index < -0.39 is 6.10 Å². The molecule has 0 aliphatic heterocycles. The molecule has 1 N–H and O–H groups in total. The fourth-order valence-electron chi connectivity index (χ4n) is 1.80. The zero-order valence-corrected chi connectivity index (χ0v) is 10.3. The van der Waals surface area contributed by atoms with Crippen LogP contribution < -0.4 is 0 Å². The summed E-state index contributed by atoms with van der Waals surface area (Å²) in [6.07, 6.45) is 2.62. The zero-order valence-electron chi connectivity index (χ0n) is 9.47. The molecule has 2 aromatic heterocycles. The Balaban J connectivity index is 2.02. The monoisotopic (exact) mass is 257 g/mol. The maximum atomic E-state index is 10.3. The molecular formula is C13H11N3OS. The van der Waals surface area contributed by atoms with Crippen LogP contribution in [-0.2, 0) is 0 Å². The molecule has 0 aliphatic carbocycles. The third-order valence-electron chi connectivity index (χ3n) is 2.64. The molecule has 0 fully saturated rings. The van der Waals surface area contributed by atoms with Crippen molar-refractivity contribution in [1.29, 1.82) is 0 Å². The van der Waals surface area contributed by atoms with Gasteiger partial charge in [0.05, 0.1) is 11.4 Å². The summed E-state index contributed by atoms with van der Waals surface area (Å²) in [5.41, 5.74) is 1.64. The van der Waals surface area contributed by atoms with E-state index in [2.05, 4.69) is 10.1 Å². The predicted octanol–water partition coefficient (Wildman–Crippen LogP) is 2.41. The van der Waals surface area contributed by atoms with Crippen LogP contribution in [-0.4, -0.2) is 19.9 Å². The zero-order chi connectivity index (χ0) is 12.4. The van der Waals surface area contributed by atoms with Crippen molar-refractivity contribution in [2.75, 3.05) is 0 Å². The van der Waals surface area contributed by atoms with E-state index in [1.165, 1.54) is 11.3 Å². The number of para-hydroxylation sites is 1. The van der Waals surface area contributed by atoms with Gasteiger partial charge < -0.3 is 5.11 Å². The summed E-state index contributed by atoms with van der Waals surface area (Å²) in [5.74, 6) is 0. The number of thiazole rings is 1. The number of hydrogen-bond acceptors (Lipinski definition) is 4. The summed E-state index contributed by atoms with van der Waals surface area (Å²) in [7, 11) is 0. The van der Waals surface area contributed by atoms with Crippen molar-refractivity contribution in [3.05, 3.63) is 64.9 Å².